The van der Waals surface area contributed by atoms with E-state index in [1.807, 2.05) is 6.92 Å². The molecule has 1 aromatic carbocycles. The molecule has 0 saturated carbocycles. The lowest BCUT2D eigenvalue weighted by atomic mass is 9.76. The average molecular weight is 332 g/mol. The van der Waals surface area contributed by atoms with Gasteiger partial charge in [0.1, 0.15) is 0 Å². The molecule has 5 heteroatoms. The Kier molecular flexibility index (Phi) is 6.13. The van der Waals surface area contributed by atoms with Crippen LogP contribution in [0.1, 0.15) is 50.4 Å². The minimum atomic E-state index is -0.217. The predicted octanol–water partition coefficient (Wildman–Crippen LogP) is 2.70. The molecule has 0 spiro atoms. The number of ketones is 1. The van der Waals surface area contributed by atoms with Crippen molar-refractivity contribution >= 4 is 17.4 Å². The highest BCUT2D eigenvalue weighted by Crippen LogP contribution is 2.34. The third-order valence-electron chi connectivity index (χ3n) is 5.43. The van der Waals surface area contributed by atoms with Gasteiger partial charge in [0, 0.05) is 17.9 Å². The van der Waals surface area contributed by atoms with Crippen LogP contribution in [0.4, 0.5) is 5.69 Å². The lowest BCUT2D eigenvalue weighted by molar-refractivity contribution is -0.121. The molecule has 132 valence electrons. The summed E-state index contributed by atoms with van der Waals surface area (Å²) in [5.74, 6) is -0.0311. The van der Waals surface area contributed by atoms with E-state index < -0.39 is 0 Å². The lowest BCUT2D eigenvalue weighted by Gasteiger charge is -2.42. The van der Waals surface area contributed by atoms with Gasteiger partial charge in [0.15, 0.2) is 5.78 Å². The van der Waals surface area contributed by atoms with Crippen molar-refractivity contribution in [2.45, 2.75) is 46.1 Å². The van der Waals surface area contributed by atoms with Crippen LogP contribution in [-0.2, 0) is 4.79 Å². The van der Waals surface area contributed by atoms with Crippen molar-refractivity contribution < 1.29 is 14.7 Å². The van der Waals surface area contributed by atoms with Crippen molar-refractivity contribution in [2.24, 2.45) is 5.41 Å². The SMILES string of the molecule is CCC1(CO)CCN(C(C)C(=O)Nc2ccc(C(C)=O)cc2)CC1. The molecule has 1 unspecified atom stereocenters. The molecule has 1 atom stereocenters. The van der Waals surface area contributed by atoms with Crippen molar-refractivity contribution in [3.05, 3.63) is 29.8 Å². The van der Waals surface area contributed by atoms with Gasteiger partial charge in [-0.3, -0.25) is 14.5 Å². The molecule has 1 fully saturated rings. The quantitative estimate of drug-likeness (QED) is 0.786. The number of aliphatic hydroxyl groups excluding tert-OH is 1. The maximum Gasteiger partial charge on any atom is 0.241 e. The molecule has 1 aromatic rings. The first-order valence-electron chi connectivity index (χ1n) is 8.67. The average Bonchev–Trinajstić information content (AvgIpc) is 2.61. The Morgan fingerprint density at radius 3 is 2.29 bits per heavy atom. The zero-order valence-corrected chi connectivity index (χ0v) is 14.8. The molecule has 24 heavy (non-hydrogen) atoms. The van der Waals surface area contributed by atoms with Gasteiger partial charge in [-0.2, -0.15) is 0 Å². The molecule has 1 aliphatic heterocycles. The zero-order chi connectivity index (χ0) is 17.7. The summed E-state index contributed by atoms with van der Waals surface area (Å²) < 4.78 is 0. The molecule has 0 aromatic heterocycles. The molecule has 1 aliphatic rings. The van der Waals surface area contributed by atoms with E-state index in [0.717, 1.165) is 32.4 Å². The van der Waals surface area contributed by atoms with Crippen LogP contribution in [-0.4, -0.2) is 47.4 Å². The second kappa shape index (κ2) is 7.90. The summed E-state index contributed by atoms with van der Waals surface area (Å²) in [5, 5.41) is 12.5. The number of nitrogens with zero attached hydrogens (tertiary/aromatic N) is 1. The first kappa shape index (κ1) is 18.6. The van der Waals surface area contributed by atoms with E-state index in [1.165, 1.54) is 6.92 Å². The predicted molar refractivity (Wildman–Crippen MR) is 95.2 cm³/mol. The monoisotopic (exact) mass is 332 g/mol. The fourth-order valence-corrected chi connectivity index (χ4v) is 3.21. The van der Waals surface area contributed by atoms with Crippen molar-refractivity contribution in [1.82, 2.24) is 4.90 Å². The number of Topliss-reactive ketones (excluding diaryl/α,β-unsaturated/α-hetero) is 1. The summed E-state index contributed by atoms with van der Waals surface area (Å²) in [7, 11) is 0. The van der Waals surface area contributed by atoms with Gasteiger partial charge in [-0.1, -0.05) is 6.92 Å². The van der Waals surface area contributed by atoms with E-state index in [9.17, 15) is 14.7 Å². The maximum absolute atomic E-state index is 12.5. The van der Waals surface area contributed by atoms with Gasteiger partial charge in [0.05, 0.1) is 6.04 Å². The Bertz CT molecular complexity index is 569. The Labute approximate surface area is 144 Å². The van der Waals surface area contributed by atoms with Crippen LogP contribution >= 0.6 is 0 Å². The Morgan fingerprint density at radius 2 is 1.83 bits per heavy atom. The zero-order valence-electron chi connectivity index (χ0n) is 14.8. The molecule has 2 N–H and O–H groups in total. The van der Waals surface area contributed by atoms with Crippen LogP contribution in [0.15, 0.2) is 24.3 Å². The number of aliphatic hydroxyl groups is 1. The highest BCUT2D eigenvalue weighted by atomic mass is 16.3. The van der Waals surface area contributed by atoms with E-state index in [-0.39, 0.29) is 29.8 Å². The molecular formula is C19H28N2O3. The Balaban J connectivity index is 1.92. The number of benzene rings is 1. The van der Waals surface area contributed by atoms with Crippen molar-refractivity contribution in [1.29, 1.82) is 0 Å². The van der Waals surface area contributed by atoms with Crippen LogP contribution in [0, 0.1) is 5.41 Å². The molecule has 1 saturated heterocycles. The smallest absolute Gasteiger partial charge is 0.241 e. The molecule has 0 radical (unpaired) electrons. The van der Waals surface area contributed by atoms with Crippen molar-refractivity contribution in [2.75, 3.05) is 25.0 Å². The summed E-state index contributed by atoms with van der Waals surface area (Å²) >= 11 is 0. The van der Waals surface area contributed by atoms with Gasteiger partial charge in [0.2, 0.25) is 5.91 Å². The number of piperidine rings is 1. The van der Waals surface area contributed by atoms with Gasteiger partial charge >= 0.3 is 0 Å². The van der Waals surface area contributed by atoms with E-state index >= 15 is 0 Å². The number of anilines is 1. The Morgan fingerprint density at radius 1 is 1.25 bits per heavy atom. The van der Waals surface area contributed by atoms with E-state index in [2.05, 4.69) is 17.1 Å². The normalized spacial score (nSPS) is 18.8. The first-order chi connectivity index (χ1) is 11.4. The number of carbonyl (C=O) groups is 2. The molecule has 2 rings (SSSR count). The maximum atomic E-state index is 12.5. The minimum Gasteiger partial charge on any atom is -0.396 e. The lowest BCUT2D eigenvalue weighted by Crippen LogP contribution is -2.49. The van der Waals surface area contributed by atoms with Crippen LogP contribution < -0.4 is 5.32 Å². The molecule has 1 heterocycles. The van der Waals surface area contributed by atoms with Crippen molar-refractivity contribution in [3.8, 4) is 0 Å². The Hall–Kier alpha value is -1.72. The standard InChI is InChI=1S/C19H28N2O3/c1-4-19(13-22)9-11-21(12-10-19)14(2)18(24)20-17-7-5-16(6-8-17)15(3)23/h5-8,14,22H,4,9-13H2,1-3H3,(H,20,24). The first-order valence-corrected chi connectivity index (χ1v) is 8.67. The van der Waals surface area contributed by atoms with E-state index in [0.29, 0.717) is 11.3 Å². The number of hydrogen-bond donors (Lipinski definition) is 2. The summed E-state index contributed by atoms with van der Waals surface area (Å²) in [6.45, 7) is 7.43. The van der Waals surface area contributed by atoms with Crippen LogP contribution in [0.25, 0.3) is 0 Å². The molecule has 1 amide bonds. The van der Waals surface area contributed by atoms with E-state index in [1.54, 1.807) is 24.3 Å². The minimum absolute atomic E-state index is 0.0119. The molecule has 5 nitrogen and oxygen atoms in total. The number of amides is 1. The van der Waals surface area contributed by atoms with Crippen LogP contribution in [0.5, 0.6) is 0 Å². The fourth-order valence-electron chi connectivity index (χ4n) is 3.21. The van der Waals surface area contributed by atoms with Gasteiger partial charge in [-0.05, 0) is 75.9 Å². The van der Waals surface area contributed by atoms with Crippen LogP contribution in [0.3, 0.4) is 0 Å². The number of likely N-dealkylation sites (tertiary alicyclic amines) is 1. The summed E-state index contributed by atoms with van der Waals surface area (Å²) in [6, 6.07) is 6.74. The summed E-state index contributed by atoms with van der Waals surface area (Å²) in [4.78, 5) is 25.9. The second-order valence-electron chi connectivity index (χ2n) is 6.85. The van der Waals surface area contributed by atoms with Gasteiger partial charge in [-0.25, -0.2) is 0 Å². The summed E-state index contributed by atoms with van der Waals surface area (Å²) in [5.41, 5.74) is 1.36. The van der Waals surface area contributed by atoms with Gasteiger partial charge < -0.3 is 10.4 Å². The summed E-state index contributed by atoms with van der Waals surface area (Å²) in [6.07, 6.45) is 2.82. The third-order valence-corrected chi connectivity index (χ3v) is 5.43. The third kappa shape index (κ3) is 4.22. The van der Waals surface area contributed by atoms with E-state index in [4.69, 9.17) is 0 Å². The highest BCUT2D eigenvalue weighted by Gasteiger charge is 2.35. The largest absolute Gasteiger partial charge is 0.396 e. The number of nitrogens with one attached hydrogen (secondary N) is 1. The fraction of sp³-hybridized carbons (Fsp3) is 0.579. The van der Waals surface area contributed by atoms with Gasteiger partial charge in [0.25, 0.3) is 0 Å². The number of carbonyl (C=O) groups excluding carboxylic acids is 2. The molecule has 0 bridgehead atoms. The van der Waals surface area contributed by atoms with Gasteiger partial charge in [-0.15, -0.1) is 0 Å². The highest BCUT2D eigenvalue weighted by molar-refractivity contribution is 5.96. The number of rotatable bonds is 6. The second-order valence-corrected chi connectivity index (χ2v) is 6.85. The van der Waals surface area contributed by atoms with Crippen molar-refractivity contribution in [3.63, 3.8) is 0 Å². The van der Waals surface area contributed by atoms with Crippen LogP contribution in [0.2, 0.25) is 0 Å². The molecular weight excluding hydrogens is 304 g/mol. The number of hydrogen-bond acceptors (Lipinski definition) is 4. The molecule has 0 aliphatic carbocycles. The topological polar surface area (TPSA) is 69.6 Å².